The van der Waals surface area contributed by atoms with Crippen LogP contribution in [0.3, 0.4) is 0 Å². The fourth-order valence-electron chi connectivity index (χ4n) is 2.39. The minimum Gasteiger partial charge on any atom is -0.492 e. The second-order valence-electron chi connectivity index (χ2n) is 5.10. The van der Waals surface area contributed by atoms with Gasteiger partial charge in [0.2, 0.25) is 10.0 Å². The number of halogens is 1. The van der Waals surface area contributed by atoms with Crippen molar-refractivity contribution < 1.29 is 17.9 Å². The standard InChI is InChI=1S/C14H20ClNO4S/c1-4-19-14-7-12(5-6-13(14)15)21(17,18)16-8-10(2)20-11(3)9-16/h5-7,10-11H,4,8-9H2,1-3H3/t10-,11+. The quantitative estimate of drug-likeness (QED) is 0.849. The van der Waals surface area contributed by atoms with Gasteiger partial charge in [-0.3, -0.25) is 0 Å². The van der Waals surface area contributed by atoms with Gasteiger partial charge in [-0.2, -0.15) is 4.31 Å². The Labute approximate surface area is 130 Å². The second kappa shape index (κ2) is 6.52. The van der Waals surface area contributed by atoms with Crippen molar-refractivity contribution in [3.8, 4) is 5.75 Å². The molecule has 1 aromatic carbocycles. The molecule has 1 heterocycles. The molecule has 1 aliphatic heterocycles. The van der Waals surface area contributed by atoms with Crippen LogP contribution in [0.4, 0.5) is 0 Å². The normalized spacial score (nSPS) is 24.0. The van der Waals surface area contributed by atoms with Crippen LogP contribution in [-0.2, 0) is 14.8 Å². The van der Waals surface area contributed by atoms with Gasteiger partial charge < -0.3 is 9.47 Å². The first-order chi connectivity index (χ1) is 9.84. The predicted octanol–water partition coefficient (Wildman–Crippen LogP) is 2.54. The van der Waals surface area contributed by atoms with Gasteiger partial charge >= 0.3 is 0 Å². The molecular formula is C14H20ClNO4S. The maximum absolute atomic E-state index is 12.7. The van der Waals surface area contributed by atoms with Crippen molar-refractivity contribution in [2.45, 2.75) is 37.9 Å². The van der Waals surface area contributed by atoms with Crippen molar-refractivity contribution in [1.82, 2.24) is 4.31 Å². The van der Waals surface area contributed by atoms with E-state index in [2.05, 4.69) is 0 Å². The highest BCUT2D eigenvalue weighted by molar-refractivity contribution is 7.89. The van der Waals surface area contributed by atoms with E-state index in [-0.39, 0.29) is 17.1 Å². The lowest BCUT2D eigenvalue weighted by atomic mass is 10.3. The molecule has 2 atom stereocenters. The summed E-state index contributed by atoms with van der Waals surface area (Å²) in [6.45, 7) is 6.67. The molecule has 0 radical (unpaired) electrons. The molecule has 1 aromatic rings. The molecule has 118 valence electrons. The highest BCUT2D eigenvalue weighted by atomic mass is 35.5. The summed E-state index contributed by atoms with van der Waals surface area (Å²) < 4.78 is 37.8. The number of hydrogen-bond acceptors (Lipinski definition) is 4. The monoisotopic (exact) mass is 333 g/mol. The average molecular weight is 334 g/mol. The maximum atomic E-state index is 12.7. The van der Waals surface area contributed by atoms with Crippen molar-refractivity contribution in [2.75, 3.05) is 19.7 Å². The van der Waals surface area contributed by atoms with Gasteiger partial charge in [-0.1, -0.05) is 11.6 Å². The third kappa shape index (κ3) is 3.69. The van der Waals surface area contributed by atoms with Gasteiger partial charge in [-0.15, -0.1) is 0 Å². The zero-order chi connectivity index (χ0) is 15.6. The second-order valence-corrected chi connectivity index (χ2v) is 7.45. The Morgan fingerprint density at radius 2 is 1.95 bits per heavy atom. The zero-order valence-corrected chi connectivity index (χ0v) is 13.9. The molecule has 0 aliphatic carbocycles. The number of nitrogens with zero attached hydrogens (tertiary/aromatic N) is 1. The third-order valence-corrected chi connectivity index (χ3v) is 5.37. The van der Waals surface area contributed by atoms with Crippen LogP contribution in [0.15, 0.2) is 23.1 Å². The molecule has 0 amide bonds. The van der Waals surface area contributed by atoms with Crippen molar-refractivity contribution in [1.29, 1.82) is 0 Å². The fraction of sp³-hybridized carbons (Fsp3) is 0.571. The molecule has 1 fully saturated rings. The molecule has 0 unspecified atom stereocenters. The average Bonchev–Trinajstić information content (AvgIpc) is 2.40. The van der Waals surface area contributed by atoms with Crippen LogP contribution in [0.1, 0.15) is 20.8 Å². The fourth-order valence-corrected chi connectivity index (χ4v) is 4.16. The molecule has 0 bridgehead atoms. The summed E-state index contributed by atoms with van der Waals surface area (Å²) in [4.78, 5) is 0.191. The summed E-state index contributed by atoms with van der Waals surface area (Å²) in [5.41, 5.74) is 0. The van der Waals surface area contributed by atoms with Crippen molar-refractivity contribution in [3.63, 3.8) is 0 Å². The highest BCUT2D eigenvalue weighted by Crippen LogP contribution is 2.29. The number of sulfonamides is 1. The van der Waals surface area contributed by atoms with Crippen LogP contribution in [0.2, 0.25) is 5.02 Å². The van der Waals surface area contributed by atoms with E-state index in [0.29, 0.717) is 30.5 Å². The van der Waals surface area contributed by atoms with Gasteiger partial charge in [0, 0.05) is 19.2 Å². The Hall–Kier alpha value is -0.820. The first-order valence-corrected chi connectivity index (χ1v) is 8.74. The molecule has 5 nitrogen and oxygen atoms in total. The summed E-state index contributed by atoms with van der Waals surface area (Å²) in [5, 5.41) is 0.402. The van der Waals surface area contributed by atoms with Crippen LogP contribution >= 0.6 is 11.6 Å². The predicted molar refractivity (Wildman–Crippen MR) is 81.4 cm³/mol. The lowest BCUT2D eigenvalue weighted by molar-refractivity contribution is -0.0440. The van der Waals surface area contributed by atoms with Crippen LogP contribution in [0, 0.1) is 0 Å². The molecule has 0 saturated carbocycles. The van der Waals surface area contributed by atoms with Gasteiger partial charge in [0.15, 0.2) is 0 Å². The van der Waals surface area contributed by atoms with E-state index in [1.54, 1.807) is 6.07 Å². The van der Waals surface area contributed by atoms with E-state index in [9.17, 15) is 8.42 Å². The number of hydrogen-bond donors (Lipinski definition) is 0. The van der Waals surface area contributed by atoms with E-state index in [1.807, 2.05) is 20.8 Å². The Balaban J connectivity index is 2.33. The number of benzene rings is 1. The summed E-state index contributed by atoms with van der Waals surface area (Å²) in [7, 11) is -3.57. The lowest BCUT2D eigenvalue weighted by Gasteiger charge is -2.34. The number of morpholine rings is 1. The number of rotatable bonds is 4. The Bertz CT molecular complexity index is 595. The summed E-state index contributed by atoms with van der Waals surface area (Å²) in [6.07, 6.45) is -0.246. The van der Waals surface area contributed by atoms with E-state index in [0.717, 1.165) is 0 Å². The topological polar surface area (TPSA) is 55.8 Å². The van der Waals surface area contributed by atoms with E-state index in [4.69, 9.17) is 21.1 Å². The Kier molecular flexibility index (Phi) is 5.14. The zero-order valence-electron chi connectivity index (χ0n) is 12.4. The molecule has 2 rings (SSSR count). The molecule has 0 aromatic heterocycles. The molecule has 0 spiro atoms. The molecule has 21 heavy (non-hydrogen) atoms. The van der Waals surface area contributed by atoms with E-state index in [1.165, 1.54) is 16.4 Å². The minimum absolute atomic E-state index is 0.123. The smallest absolute Gasteiger partial charge is 0.243 e. The number of ether oxygens (including phenoxy) is 2. The van der Waals surface area contributed by atoms with Crippen LogP contribution in [-0.4, -0.2) is 44.6 Å². The van der Waals surface area contributed by atoms with Crippen LogP contribution in [0.25, 0.3) is 0 Å². The third-order valence-electron chi connectivity index (χ3n) is 3.23. The molecule has 7 heteroatoms. The van der Waals surface area contributed by atoms with E-state index >= 15 is 0 Å². The Morgan fingerprint density at radius 1 is 1.33 bits per heavy atom. The van der Waals surface area contributed by atoms with E-state index < -0.39 is 10.0 Å². The maximum Gasteiger partial charge on any atom is 0.243 e. The van der Waals surface area contributed by atoms with Gasteiger partial charge in [0.05, 0.1) is 28.7 Å². The summed E-state index contributed by atoms with van der Waals surface area (Å²) >= 11 is 6.00. The van der Waals surface area contributed by atoms with Gasteiger partial charge in [0.25, 0.3) is 0 Å². The molecule has 1 saturated heterocycles. The molecule has 1 aliphatic rings. The summed E-state index contributed by atoms with van der Waals surface area (Å²) in [5.74, 6) is 0.384. The summed E-state index contributed by atoms with van der Waals surface area (Å²) in [6, 6.07) is 4.53. The minimum atomic E-state index is -3.57. The first-order valence-electron chi connectivity index (χ1n) is 6.92. The Morgan fingerprint density at radius 3 is 2.52 bits per heavy atom. The first kappa shape index (κ1) is 16.5. The lowest BCUT2D eigenvalue weighted by Crippen LogP contribution is -2.48. The SMILES string of the molecule is CCOc1cc(S(=O)(=O)N2C[C@@H](C)O[C@@H](C)C2)ccc1Cl. The highest BCUT2D eigenvalue weighted by Gasteiger charge is 2.32. The van der Waals surface area contributed by atoms with Gasteiger partial charge in [-0.25, -0.2) is 8.42 Å². The van der Waals surface area contributed by atoms with Crippen LogP contribution < -0.4 is 4.74 Å². The largest absolute Gasteiger partial charge is 0.492 e. The van der Waals surface area contributed by atoms with Crippen molar-refractivity contribution in [2.24, 2.45) is 0 Å². The molecule has 0 N–H and O–H groups in total. The van der Waals surface area contributed by atoms with Crippen molar-refractivity contribution >= 4 is 21.6 Å². The molecular weight excluding hydrogens is 314 g/mol. The van der Waals surface area contributed by atoms with Crippen LogP contribution in [0.5, 0.6) is 5.75 Å². The van der Waals surface area contributed by atoms with Gasteiger partial charge in [0.1, 0.15) is 5.75 Å². The van der Waals surface area contributed by atoms with Gasteiger partial charge in [-0.05, 0) is 32.9 Å². The van der Waals surface area contributed by atoms with Crippen molar-refractivity contribution in [3.05, 3.63) is 23.2 Å².